The third-order valence-electron chi connectivity index (χ3n) is 3.94. The molecule has 2 rings (SSSR count). The molecular weight excluding hydrogens is 222 g/mol. The maximum absolute atomic E-state index is 8.90. The Morgan fingerprint density at radius 2 is 2.00 bits per heavy atom. The number of piperidine rings is 1. The van der Waals surface area contributed by atoms with E-state index in [0.717, 1.165) is 5.56 Å². The van der Waals surface area contributed by atoms with Gasteiger partial charge in [0.05, 0.1) is 11.6 Å². The number of benzene rings is 1. The Balaban J connectivity index is 2.14. The number of likely N-dealkylation sites (tertiary alicyclic amines) is 1. The van der Waals surface area contributed by atoms with E-state index in [-0.39, 0.29) is 0 Å². The summed E-state index contributed by atoms with van der Waals surface area (Å²) in [7, 11) is 4.35. The van der Waals surface area contributed by atoms with Crippen LogP contribution in [0.4, 0.5) is 5.69 Å². The van der Waals surface area contributed by atoms with Gasteiger partial charge in [0.15, 0.2) is 0 Å². The lowest BCUT2D eigenvalue weighted by molar-refractivity contribution is 0.253. The first-order chi connectivity index (χ1) is 8.61. The van der Waals surface area contributed by atoms with E-state index in [1.165, 1.54) is 37.2 Å². The Morgan fingerprint density at radius 3 is 2.56 bits per heavy atom. The first kappa shape index (κ1) is 12.9. The fraction of sp³-hybridized carbons (Fsp3) is 0.533. The molecule has 0 unspecified atom stereocenters. The molecule has 1 fully saturated rings. The molecule has 0 radical (unpaired) electrons. The van der Waals surface area contributed by atoms with Crippen LogP contribution in [-0.4, -0.2) is 38.1 Å². The van der Waals surface area contributed by atoms with Crippen molar-refractivity contribution in [1.29, 1.82) is 5.26 Å². The van der Waals surface area contributed by atoms with Gasteiger partial charge in [-0.25, -0.2) is 0 Å². The molecule has 3 nitrogen and oxygen atoms in total. The summed E-state index contributed by atoms with van der Waals surface area (Å²) in [4.78, 5) is 4.76. The van der Waals surface area contributed by atoms with Gasteiger partial charge in [-0.1, -0.05) is 0 Å². The zero-order valence-corrected chi connectivity index (χ0v) is 11.5. The highest BCUT2D eigenvalue weighted by atomic mass is 15.2. The molecule has 1 heterocycles. The summed E-state index contributed by atoms with van der Waals surface area (Å²) in [5.41, 5.74) is 3.19. The number of anilines is 1. The summed E-state index contributed by atoms with van der Waals surface area (Å²) in [6.45, 7) is 4.43. The van der Waals surface area contributed by atoms with Gasteiger partial charge in [-0.05, 0) is 63.7 Å². The lowest BCUT2D eigenvalue weighted by Crippen LogP contribution is -2.42. The van der Waals surface area contributed by atoms with Gasteiger partial charge in [0.2, 0.25) is 0 Å². The Bertz CT molecular complexity index is 453. The second-order valence-electron chi connectivity index (χ2n) is 5.26. The first-order valence-electron chi connectivity index (χ1n) is 6.54. The van der Waals surface area contributed by atoms with Crippen LogP contribution in [0.3, 0.4) is 0 Å². The van der Waals surface area contributed by atoms with Gasteiger partial charge >= 0.3 is 0 Å². The standard InChI is InChI=1S/C15H21N3/c1-12-10-13(11-16)4-5-15(12)18(3)14-6-8-17(2)9-7-14/h4-5,10,14H,6-9H2,1-3H3. The molecule has 1 aliphatic heterocycles. The molecule has 0 atom stereocenters. The molecule has 18 heavy (non-hydrogen) atoms. The minimum Gasteiger partial charge on any atom is -0.371 e. The Hall–Kier alpha value is -1.53. The van der Waals surface area contributed by atoms with Crippen LogP contribution in [0.15, 0.2) is 18.2 Å². The number of rotatable bonds is 2. The third-order valence-corrected chi connectivity index (χ3v) is 3.94. The maximum Gasteiger partial charge on any atom is 0.0991 e. The van der Waals surface area contributed by atoms with Crippen LogP contribution in [0.5, 0.6) is 0 Å². The lowest BCUT2D eigenvalue weighted by atomic mass is 10.0. The minimum atomic E-state index is 0.618. The molecule has 1 aromatic rings. The van der Waals surface area contributed by atoms with Crippen LogP contribution in [0.25, 0.3) is 0 Å². The fourth-order valence-electron chi connectivity index (χ4n) is 2.70. The largest absolute Gasteiger partial charge is 0.371 e. The summed E-state index contributed by atoms with van der Waals surface area (Å²) < 4.78 is 0. The third kappa shape index (κ3) is 2.65. The minimum absolute atomic E-state index is 0.618. The van der Waals surface area contributed by atoms with Crippen molar-refractivity contribution in [3.63, 3.8) is 0 Å². The normalized spacial score (nSPS) is 17.4. The van der Waals surface area contributed by atoms with Crippen molar-refractivity contribution < 1.29 is 0 Å². The quantitative estimate of drug-likeness (QED) is 0.799. The Morgan fingerprint density at radius 1 is 1.33 bits per heavy atom. The van der Waals surface area contributed by atoms with Gasteiger partial charge in [-0.2, -0.15) is 5.26 Å². The monoisotopic (exact) mass is 243 g/mol. The molecule has 0 N–H and O–H groups in total. The van der Waals surface area contributed by atoms with Gasteiger partial charge in [0.25, 0.3) is 0 Å². The van der Waals surface area contributed by atoms with Gasteiger partial charge in [0.1, 0.15) is 0 Å². The highest BCUT2D eigenvalue weighted by Crippen LogP contribution is 2.25. The van der Waals surface area contributed by atoms with Crippen molar-refractivity contribution in [2.45, 2.75) is 25.8 Å². The summed E-state index contributed by atoms with van der Waals surface area (Å²) in [6, 6.07) is 8.77. The van der Waals surface area contributed by atoms with Gasteiger partial charge in [0, 0.05) is 18.8 Å². The van der Waals surface area contributed by atoms with Crippen molar-refractivity contribution in [3.05, 3.63) is 29.3 Å². The lowest BCUT2D eigenvalue weighted by Gasteiger charge is -2.37. The van der Waals surface area contributed by atoms with Gasteiger partial charge < -0.3 is 9.80 Å². The molecule has 1 aliphatic rings. The molecule has 0 saturated carbocycles. The predicted octanol–water partition coefficient (Wildman–Crippen LogP) is 2.40. The summed E-state index contributed by atoms with van der Waals surface area (Å²) in [6.07, 6.45) is 2.43. The average molecular weight is 243 g/mol. The predicted molar refractivity (Wildman–Crippen MR) is 74.8 cm³/mol. The van der Waals surface area contributed by atoms with E-state index < -0.39 is 0 Å². The van der Waals surface area contributed by atoms with Crippen molar-refractivity contribution >= 4 is 5.69 Å². The molecule has 0 bridgehead atoms. The molecule has 1 aromatic carbocycles. The number of hydrogen-bond acceptors (Lipinski definition) is 3. The van der Waals surface area contributed by atoms with Crippen LogP contribution in [-0.2, 0) is 0 Å². The number of aryl methyl sites for hydroxylation is 1. The van der Waals surface area contributed by atoms with Crippen LogP contribution in [0, 0.1) is 18.3 Å². The molecular formula is C15H21N3. The molecule has 1 saturated heterocycles. The first-order valence-corrected chi connectivity index (χ1v) is 6.54. The van der Waals surface area contributed by atoms with Crippen molar-refractivity contribution in [3.8, 4) is 6.07 Å². The molecule has 0 aromatic heterocycles. The van der Waals surface area contributed by atoms with Crippen molar-refractivity contribution in [2.75, 3.05) is 32.1 Å². The van der Waals surface area contributed by atoms with Crippen LogP contribution in [0.2, 0.25) is 0 Å². The zero-order valence-electron chi connectivity index (χ0n) is 11.5. The number of nitrogens with zero attached hydrogens (tertiary/aromatic N) is 3. The van der Waals surface area contributed by atoms with E-state index in [2.05, 4.69) is 43.0 Å². The van der Waals surface area contributed by atoms with Crippen LogP contribution in [0.1, 0.15) is 24.0 Å². The summed E-state index contributed by atoms with van der Waals surface area (Å²) in [5, 5.41) is 8.90. The average Bonchev–Trinajstić information content (AvgIpc) is 2.38. The molecule has 3 heteroatoms. The van der Waals surface area contributed by atoms with Crippen LogP contribution < -0.4 is 4.90 Å². The Kier molecular flexibility index (Phi) is 3.88. The van der Waals surface area contributed by atoms with E-state index in [4.69, 9.17) is 5.26 Å². The SMILES string of the molecule is Cc1cc(C#N)ccc1N(C)C1CCN(C)CC1. The van der Waals surface area contributed by atoms with Crippen molar-refractivity contribution in [1.82, 2.24) is 4.90 Å². The van der Waals surface area contributed by atoms with E-state index in [1.807, 2.05) is 12.1 Å². The van der Waals surface area contributed by atoms with E-state index in [0.29, 0.717) is 6.04 Å². The molecule has 0 amide bonds. The van der Waals surface area contributed by atoms with E-state index in [1.54, 1.807) is 0 Å². The topological polar surface area (TPSA) is 30.3 Å². The molecule has 0 spiro atoms. The smallest absolute Gasteiger partial charge is 0.0991 e. The van der Waals surface area contributed by atoms with E-state index in [9.17, 15) is 0 Å². The fourth-order valence-corrected chi connectivity index (χ4v) is 2.70. The number of hydrogen-bond donors (Lipinski definition) is 0. The van der Waals surface area contributed by atoms with Crippen LogP contribution >= 0.6 is 0 Å². The van der Waals surface area contributed by atoms with Gasteiger partial charge in [-0.15, -0.1) is 0 Å². The second kappa shape index (κ2) is 5.41. The van der Waals surface area contributed by atoms with Gasteiger partial charge in [-0.3, -0.25) is 0 Å². The highest BCUT2D eigenvalue weighted by Gasteiger charge is 2.21. The van der Waals surface area contributed by atoms with E-state index >= 15 is 0 Å². The second-order valence-corrected chi connectivity index (χ2v) is 5.26. The Labute approximate surface area is 110 Å². The zero-order chi connectivity index (χ0) is 13.1. The molecule has 0 aliphatic carbocycles. The molecule has 96 valence electrons. The van der Waals surface area contributed by atoms with Crippen molar-refractivity contribution in [2.24, 2.45) is 0 Å². The number of nitriles is 1. The summed E-state index contributed by atoms with van der Waals surface area (Å²) in [5.74, 6) is 0. The maximum atomic E-state index is 8.90. The summed E-state index contributed by atoms with van der Waals surface area (Å²) >= 11 is 0. The highest BCUT2D eigenvalue weighted by molar-refractivity contribution is 5.56.